The van der Waals surface area contributed by atoms with E-state index in [0.717, 1.165) is 5.69 Å². The standard InChI is InChI=1S/C17H20N4O3/c1-17(2,20-9-7-18-12-20)11-24-15(22)13-3-5-14(6-4-13)21-10-8-19-16(21)23/h3-7,9,12H,8,10-11H2,1-2H3,(H,19,23). The van der Waals surface area contributed by atoms with E-state index in [1.807, 2.05) is 24.6 Å². The highest BCUT2D eigenvalue weighted by Gasteiger charge is 2.23. The van der Waals surface area contributed by atoms with Crippen LogP contribution in [0.25, 0.3) is 0 Å². The zero-order chi connectivity index (χ0) is 17.2. The number of hydrogen-bond acceptors (Lipinski definition) is 4. The number of hydrogen-bond donors (Lipinski definition) is 1. The average molecular weight is 328 g/mol. The average Bonchev–Trinajstić information content (AvgIpc) is 3.25. The zero-order valence-electron chi connectivity index (χ0n) is 13.7. The molecular weight excluding hydrogens is 308 g/mol. The second-order valence-corrected chi connectivity index (χ2v) is 6.29. The van der Waals surface area contributed by atoms with Gasteiger partial charge < -0.3 is 14.6 Å². The van der Waals surface area contributed by atoms with Crippen molar-refractivity contribution in [2.24, 2.45) is 0 Å². The molecule has 24 heavy (non-hydrogen) atoms. The van der Waals surface area contributed by atoms with Gasteiger partial charge in [-0.25, -0.2) is 14.6 Å². The number of amides is 2. The van der Waals surface area contributed by atoms with Gasteiger partial charge in [0.1, 0.15) is 6.61 Å². The van der Waals surface area contributed by atoms with Crippen LogP contribution in [0.2, 0.25) is 0 Å². The highest BCUT2D eigenvalue weighted by molar-refractivity contribution is 5.95. The van der Waals surface area contributed by atoms with Gasteiger partial charge in [0.05, 0.1) is 17.4 Å². The summed E-state index contributed by atoms with van der Waals surface area (Å²) < 4.78 is 7.32. The summed E-state index contributed by atoms with van der Waals surface area (Å²) in [5, 5.41) is 2.74. The van der Waals surface area contributed by atoms with Gasteiger partial charge in [-0.2, -0.15) is 0 Å². The van der Waals surface area contributed by atoms with Gasteiger partial charge in [0.2, 0.25) is 0 Å². The Morgan fingerprint density at radius 2 is 2.08 bits per heavy atom. The number of nitrogens with zero attached hydrogens (tertiary/aromatic N) is 3. The van der Waals surface area contributed by atoms with E-state index in [-0.39, 0.29) is 24.1 Å². The minimum absolute atomic E-state index is 0.118. The van der Waals surface area contributed by atoms with E-state index in [2.05, 4.69) is 10.3 Å². The lowest BCUT2D eigenvalue weighted by molar-refractivity contribution is 0.0357. The summed E-state index contributed by atoms with van der Waals surface area (Å²) in [5.74, 6) is -0.388. The van der Waals surface area contributed by atoms with Gasteiger partial charge in [0.25, 0.3) is 0 Å². The maximum Gasteiger partial charge on any atom is 0.338 e. The molecule has 7 nitrogen and oxygen atoms in total. The highest BCUT2D eigenvalue weighted by Crippen LogP contribution is 2.19. The number of urea groups is 1. The number of ether oxygens (including phenoxy) is 1. The fourth-order valence-electron chi connectivity index (χ4n) is 2.51. The Hall–Kier alpha value is -2.83. The van der Waals surface area contributed by atoms with Gasteiger partial charge in [-0.1, -0.05) is 0 Å². The molecule has 3 rings (SSSR count). The number of carbonyl (C=O) groups is 2. The van der Waals surface area contributed by atoms with Crippen LogP contribution >= 0.6 is 0 Å². The molecule has 0 aliphatic carbocycles. The largest absolute Gasteiger partial charge is 0.460 e. The van der Waals surface area contributed by atoms with E-state index in [9.17, 15) is 9.59 Å². The second-order valence-electron chi connectivity index (χ2n) is 6.29. The van der Waals surface area contributed by atoms with Crippen molar-refractivity contribution in [3.8, 4) is 0 Å². The van der Waals surface area contributed by atoms with Crippen molar-refractivity contribution in [1.29, 1.82) is 0 Å². The van der Waals surface area contributed by atoms with Gasteiger partial charge in [-0.15, -0.1) is 0 Å². The summed E-state index contributed by atoms with van der Waals surface area (Å²) in [6, 6.07) is 6.74. The van der Waals surface area contributed by atoms with Crippen molar-refractivity contribution >= 4 is 17.7 Å². The lowest BCUT2D eigenvalue weighted by Crippen LogP contribution is -2.32. The Kier molecular flexibility index (Phi) is 4.24. The van der Waals surface area contributed by atoms with E-state index in [0.29, 0.717) is 18.7 Å². The molecule has 1 aromatic heterocycles. The lowest BCUT2D eigenvalue weighted by Gasteiger charge is -2.25. The van der Waals surface area contributed by atoms with Crippen LogP contribution < -0.4 is 10.2 Å². The van der Waals surface area contributed by atoms with Crippen molar-refractivity contribution in [2.75, 3.05) is 24.6 Å². The summed E-state index contributed by atoms with van der Waals surface area (Å²) in [6.45, 7) is 5.43. The first-order valence-electron chi connectivity index (χ1n) is 7.78. The molecule has 0 radical (unpaired) electrons. The Bertz CT molecular complexity index is 723. The Labute approximate surface area is 140 Å². The van der Waals surface area contributed by atoms with Crippen molar-refractivity contribution in [2.45, 2.75) is 19.4 Å². The molecule has 2 heterocycles. The van der Waals surface area contributed by atoms with Crippen molar-refractivity contribution in [1.82, 2.24) is 14.9 Å². The maximum absolute atomic E-state index is 12.2. The molecule has 2 amide bonds. The van der Waals surface area contributed by atoms with Crippen LogP contribution in [-0.2, 0) is 10.3 Å². The monoisotopic (exact) mass is 328 g/mol. The lowest BCUT2D eigenvalue weighted by atomic mass is 10.1. The van der Waals surface area contributed by atoms with Crippen LogP contribution in [0.5, 0.6) is 0 Å². The number of nitrogens with one attached hydrogen (secondary N) is 1. The minimum atomic E-state index is -0.388. The molecule has 1 saturated heterocycles. The van der Waals surface area contributed by atoms with Crippen molar-refractivity contribution in [3.63, 3.8) is 0 Å². The molecule has 2 aromatic rings. The van der Waals surface area contributed by atoms with Gasteiger partial charge in [-0.3, -0.25) is 4.90 Å². The van der Waals surface area contributed by atoms with E-state index in [1.165, 1.54) is 0 Å². The smallest absolute Gasteiger partial charge is 0.338 e. The molecule has 0 atom stereocenters. The quantitative estimate of drug-likeness (QED) is 0.852. The van der Waals surface area contributed by atoms with Crippen LogP contribution in [0.3, 0.4) is 0 Å². The molecule has 0 spiro atoms. The number of aromatic nitrogens is 2. The van der Waals surface area contributed by atoms with Crippen LogP contribution in [0.15, 0.2) is 43.0 Å². The second kappa shape index (κ2) is 6.35. The van der Waals surface area contributed by atoms with Gasteiger partial charge in [0.15, 0.2) is 0 Å². The van der Waals surface area contributed by atoms with E-state index in [4.69, 9.17) is 4.74 Å². The molecule has 1 aromatic carbocycles. The Morgan fingerprint density at radius 3 is 2.67 bits per heavy atom. The third-order valence-corrected chi connectivity index (χ3v) is 4.03. The van der Waals surface area contributed by atoms with Crippen LogP contribution in [-0.4, -0.2) is 41.2 Å². The van der Waals surface area contributed by atoms with Crippen LogP contribution in [0.4, 0.5) is 10.5 Å². The first kappa shape index (κ1) is 16.0. The van der Waals surface area contributed by atoms with Crippen molar-refractivity contribution in [3.05, 3.63) is 48.5 Å². The summed E-state index contributed by atoms with van der Waals surface area (Å²) in [7, 11) is 0. The summed E-state index contributed by atoms with van der Waals surface area (Å²) in [6.07, 6.45) is 5.23. The third kappa shape index (κ3) is 3.24. The van der Waals surface area contributed by atoms with E-state index < -0.39 is 0 Å². The third-order valence-electron chi connectivity index (χ3n) is 4.03. The Morgan fingerprint density at radius 1 is 1.33 bits per heavy atom. The van der Waals surface area contributed by atoms with Crippen LogP contribution in [0, 0.1) is 0 Å². The molecule has 1 aliphatic heterocycles. The van der Waals surface area contributed by atoms with E-state index in [1.54, 1.807) is 41.7 Å². The highest BCUT2D eigenvalue weighted by atomic mass is 16.5. The molecule has 126 valence electrons. The first-order valence-corrected chi connectivity index (χ1v) is 7.78. The molecule has 0 saturated carbocycles. The molecular formula is C17H20N4O3. The topological polar surface area (TPSA) is 76.5 Å². The summed E-state index contributed by atoms with van der Waals surface area (Å²) in [4.78, 5) is 29.5. The number of rotatable bonds is 5. The normalized spacial score (nSPS) is 14.6. The summed E-state index contributed by atoms with van der Waals surface area (Å²) >= 11 is 0. The molecule has 1 aliphatic rings. The first-order chi connectivity index (χ1) is 11.5. The van der Waals surface area contributed by atoms with Gasteiger partial charge in [0, 0.05) is 31.2 Å². The number of imidazole rings is 1. The van der Waals surface area contributed by atoms with Crippen molar-refractivity contribution < 1.29 is 14.3 Å². The summed E-state index contributed by atoms with van der Waals surface area (Å²) in [5.41, 5.74) is 0.847. The number of carbonyl (C=O) groups excluding carboxylic acids is 2. The fraction of sp³-hybridized carbons (Fsp3) is 0.353. The molecule has 1 N–H and O–H groups in total. The molecule has 1 fully saturated rings. The Balaban J connectivity index is 1.62. The SMILES string of the molecule is CC(C)(COC(=O)c1ccc(N2CCNC2=O)cc1)n1ccnc1. The zero-order valence-corrected chi connectivity index (χ0v) is 13.7. The number of benzene rings is 1. The van der Waals surface area contributed by atoms with Gasteiger partial charge >= 0.3 is 12.0 Å². The fourth-order valence-corrected chi connectivity index (χ4v) is 2.51. The predicted octanol–water partition coefficient (Wildman–Crippen LogP) is 2.00. The number of esters is 1. The predicted molar refractivity (Wildman–Crippen MR) is 89.0 cm³/mol. The van der Waals surface area contributed by atoms with E-state index >= 15 is 0 Å². The number of anilines is 1. The molecule has 0 unspecified atom stereocenters. The maximum atomic E-state index is 12.2. The van der Waals surface area contributed by atoms with Crippen LogP contribution in [0.1, 0.15) is 24.2 Å². The molecule has 0 bridgehead atoms. The minimum Gasteiger partial charge on any atom is -0.460 e. The van der Waals surface area contributed by atoms with Gasteiger partial charge in [-0.05, 0) is 38.1 Å². The molecule has 7 heteroatoms.